The molecule has 2 aromatic carbocycles. The Hall–Kier alpha value is -3.33. The lowest BCUT2D eigenvalue weighted by molar-refractivity contribution is -0.275. The summed E-state index contributed by atoms with van der Waals surface area (Å²) in [6.07, 6.45) is -4.83. The molecule has 0 aliphatic heterocycles. The van der Waals surface area contributed by atoms with Gasteiger partial charge in [0.2, 0.25) is 0 Å². The number of amides is 2. The predicted octanol–water partition coefficient (Wildman–Crippen LogP) is 5.17. The molecule has 3 aromatic rings. The van der Waals surface area contributed by atoms with Crippen molar-refractivity contribution in [3.05, 3.63) is 82.0 Å². The molecule has 0 saturated heterocycles. The molecular formula is C21H17F3N2O3S. The molecule has 0 saturated carbocycles. The highest BCUT2D eigenvalue weighted by Crippen LogP contribution is 2.27. The number of benzene rings is 2. The van der Waals surface area contributed by atoms with Crippen LogP contribution in [0.5, 0.6) is 5.75 Å². The quantitative estimate of drug-likeness (QED) is 0.582. The maximum atomic E-state index is 12.8. The number of carbonyl (C=O) groups excluding carboxylic acids is 2. The van der Waals surface area contributed by atoms with Crippen molar-refractivity contribution in [3.8, 4) is 5.75 Å². The molecule has 0 atom stereocenters. The van der Waals surface area contributed by atoms with Crippen molar-refractivity contribution >= 4 is 28.8 Å². The molecule has 2 amide bonds. The van der Waals surface area contributed by atoms with Gasteiger partial charge in [0.1, 0.15) is 5.75 Å². The van der Waals surface area contributed by atoms with Crippen LogP contribution in [0.15, 0.2) is 66.0 Å². The Kier molecular flexibility index (Phi) is 6.41. The van der Waals surface area contributed by atoms with E-state index in [-0.39, 0.29) is 29.3 Å². The summed E-state index contributed by atoms with van der Waals surface area (Å²) in [5.74, 6) is -1.06. The summed E-state index contributed by atoms with van der Waals surface area (Å²) in [5, 5.41) is 4.50. The van der Waals surface area contributed by atoms with Gasteiger partial charge in [0.15, 0.2) is 0 Å². The first-order valence-corrected chi connectivity index (χ1v) is 9.65. The average molecular weight is 434 g/mol. The predicted molar refractivity (Wildman–Crippen MR) is 108 cm³/mol. The SMILES string of the molecule is CN(Cc1ccccc1OC(F)(F)F)C(=O)c1cccc(NC(=O)c2cccs2)c1. The molecule has 1 aromatic heterocycles. The van der Waals surface area contributed by atoms with Gasteiger partial charge < -0.3 is 15.0 Å². The van der Waals surface area contributed by atoms with Crippen molar-refractivity contribution in [1.29, 1.82) is 0 Å². The second-order valence-corrected chi connectivity index (χ2v) is 7.28. The van der Waals surface area contributed by atoms with Gasteiger partial charge in [0.05, 0.1) is 4.88 Å². The third kappa shape index (κ3) is 5.60. The largest absolute Gasteiger partial charge is 0.573 e. The van der Waals surface area contributed by atoms with E-state index in [2.05, 4.69) is 10.1 Å². The summed E-state index contributed by atoms with van der Waals surface area (Å²) in [6.45, 7) is -0.0864. The Balaban J connectivity index is 1.72. The average Bonchev–Trinajstić information content (AvgIpc) is 3.23. The van der Waals surface area contributed by atoms with Crippen molar-refractivity contribution in [3.63, 3.8) is 0 Å². The van der Waals surface area contributed by atoms with Gasteiger partial charge in [-0.1, -0.05) is 30.3 Å². The van der Waals surface area contributed by atoms with Gasteiger partial charge in [-0.2, -0.15) is 0 Å². The smallest absolute Gasteiger partial charge is 0.405 e. The monoisotopic (exact) mass is 434 g/mol. The van der Waals surface area contributed by atoms with Crippen LogP contribution in [-0.4, -0.2) is 30.1 Å². The highest BCUT2D eigenvalue weighted by molar-refractivity contribution is 7.12. The highest BCUT2D eigenvalue weighted by atomic mass is 32.1. The number of ether oxygens (including phenoxy) is 1. The number of para-hydroxylation sites is 1. The van der Waals surface area contributed by atoms with Crippen LogP contribution in [0, 0.1) is 0 Å². The number of nitrogens with zero attached hydrogens (tertiary/aromatic N) is 1. The standard InChI is InChI=1S/C21H17F3N2O3S/c1-26(13-15-6-2-3-9-17(15)29-21(22,23)24)20(28)14-7-4-8-16(12-14)25-19(27)18-10-5-11-30-18/h2-12H,13H2,1H3,(H,25,27). The van der Waals surface area contributed by atoms with Crippen molar-refractivity contribution < 1.29 is 27.5 Å². The molecule has 0 spiro atoms. The summed E-state index contributed by atoms with van der Waals surface area (Å²) in [4.78, 5) is 26.8. The number of alkyl halides is 3. The zero-order valence-corrected chi connectivity index (χ0v) is 16.6. The number of hydrogen-bond donors (Lipinski definition) is 1. The van der Waals surface area contributed by atoms with E-state index in [0.29, 0.717) is 10.6 Å². The first-order chi connectivity index (χ1) is 14.2. The highest BCUT2D eigenvalue weighted by Gasteiger charge is 2.32. The number of anilines is 1. The molecule has 0 aliphatic carbocycles. The van der Waals surface area contributed by atoms with Crippen molar-refractivity contribution in [1.82, 2.24) is 4.90 Å². The third-order valence-corrected chi connectivity index (χ3v) is 4.93. The summed E-state index contributed by atoms with van der Waals surface area (Å²) >= 11 is 1.29. The van der Waals surface area contributed by atoms with Gasteiger partial charge in [0, 0.05) is 30.4 Å². The zero-order chi connectivity index (χ0) is 21.7. The Morgan fingerprint density at radius 2 is 1.83 bits per heavy atom. The van der Waals surface area contributed by atoms with Crippen LogP contribution in [0.3, 0.4) is 0 Å². The van der Waals surface area contributed by atoms with Gasteiger partial charge in [0.25, 0.3) is 11.8 Å². The van der Waals surface area contributed by atoms with Crippen molar-refractivity contribution in [2.45, 2.75) is 12.9 Å². The zero-order valence-electron chi connectivity index (χ0n) is 15.8. The molecule has 1 N–H and O–H groups in total. The Bertz CT molecular complexity index is 1040. The second kappa shape index (κ2) is 9.00. The first-order valence-electron chi connectivity index (χ1n) is 8.77. The van der Waals surface area contributed by atoms with Gasteiger partial charge in [-0.25, -0.2) is 0 Å². The molecule has 5 nitrogen and oxygen atoms in total. The minimum atomic E-state index is -4.83. The summed E-state index contributed by atoms with van der Waals surface area (Å²) in [5.41, 5.74) is 0.942. The van der Waals surface area contributed by atoms with E-state index >= 15 is 0 Å². The van der Waals surface area contributed by atoms with Crippen LogP contribution in [0.25, 0.3) is 0 Å². The van der Waals surface area contributed by atoms with Crippen LogP contribution in [0.2, 0.25) is 0 Å². The van der Waals surface area contributed by atoms with E-state index in [0.717, 1.165) is 0 Å². The molecule has 0 aliphatic rings. The van der Waals surface area contributed by atoms with Gasteiger partial charge >= 0.3 is 6.36 Å². The minimum Gasteiger partial charge on any atom is -0.405 e. The Morgan fingerprint density at radius 1 is 1.07 bits per heavy atom. The van der Waals surface area contributed by atoms with E-state index in [9.17, 15) is 22.8 Å². The van der Waals surface area contributed by atoms with Crippen molar-refractivity contribution in [2.24, 2.45) is 0 Å². The number of thiophene rings is 1. The molecule has 1 heterocycles. The Morgan fingerprint density at radius 3 is 2.53 bits per heavy atom. The Labute approximate surface area is 174 Å². The van der Waals surface area contributed by atoms with Crippen LogP contribution < -0.4 is 10.1 Å². The fraction of sp³-hybridized carbons (Fsp3) is 0.143. The molecule has 156 valence electrons. The molecule has 3 rings (SSSR count). The lowest BCUT2D eigenvalue weighted by Gasteiger charge is -2.20. The summed E-state index contributed by atoms with van der Waals surface area (Å²) < 4.78 is 41.8. The second-order valence-electron chi connectivity index (χ2n) is 6.33. The fourth-order valence-corrected chi connectivity index (χ4v) is 3.36. The molecule has 0 bridgehead atoms. The molecule has 0 radical (unpaired) electrons. The van der Waals surface area contributed by atoms with Crippen LogP contribution >= 0.6 is 11.3 Å². The number of rotatable bonds is 6. The molecule has 30 heavy (non-hydrogen) atoms. The number of nitrogens with one attached hydrogen (secondary N) is 1. The van der Waals surface area contributed by atoms with Crippen molar-refractivity contribution in [2.75, 3.05) is 12.4 Å². The fourth-order valence-electron chi connectivity index (χ4n) is 2.74. The lowest BCUT2D eigenvalue weighted by atomic mass is 10.1. The normalized spacial score (nSPS) is 11.1. The van der Waals surface area contributed by atoms with Crippen LogP contribution in [-0.2, 0) is 6.54 Å². The summed E-state index contributed by atoms with van der Waals surface area (Å²) in [7, 11) is 1.48. The lowest BCUT2D eigenvalue weighted by Crippen LogP contribution is -2.27. The van der Waals surface area contributed by atoms with E-state index in [1.807, 2.05) is 0 Å². The third-order valence-electron chi connectivity index (χ3n) is 4.06. The number of halogens is 3. The van der Waals surface area contributed by atoms with Gasteiger partial charge in [-0.3, -0.25) is 9.59 Å². The minimum absolute atomic E-state index is 0.0864. The van der Waals surface area contributed by atoms with E-state index in [4.69, 9.17) is 0 Å². The number of carbonyl (C=O) groups is 2. The molecule has 0 fully saturated rings. The van der Waals surface area contributed by atoms with E-state index in [1.165, 1.54) is 47.5 Å². The van der Waals surface area contributed by atoms with Gasteiger partial charge in [-0.05, 0) is 35.7 Å². The molecule has 9 heteroatoms. The van der Waals surface area contributed by atoms with E-state index in [1.54, 1.807) is 41.8 Å². The molecule has 0 unspecified atom stereocenters. The topological polar surface area (TPSA) is 58.6 Å². The molecular weight excluding hydrogens is 417 g/mol. The number of hydrogen-bond acceptors (Lipinski definition) is 4. The summed E-state index contributed by atoms with van der Waals surface area (Å²) in [6, 6.07) is 15.4. The van der Waals surface area contributed by atoms with Crippen LogP contribution in [0.1, 0.15) is 25.6 Å². The van der Waals surface area contributed by atoms with Crippen LogP contribution in [0.4, 0.5) is 18.9 Å². The van der Waals surface area contributed by atoms with Gasteiger partial charge in [-0.15, -0.1) is 24.5 Å². The maximum Gasteiger partial charge on any atom is 0.573 e. The first kappa shape index (κ1) is 21.4. The van der Waals surface area contributed by atoms with E-state index < -0.39 is 12.3 Å². The maximum absolute atomic E-state index is 12.8.